The fraction of sp³-hybridized carbons (Fsp3) is 0.500. The minimum atomic E-state index is -0.817. The van der Waals surface area contributed by atoms with Crippen LogP contribution in [0.2, 0.25) is 0 Å². The number of aliphatic hydroxyl groups is 1. The third-order valence-electron chi connectivity index (χ3n) is 7.04. The topological polar surface area (TPSA) is 88.0 Å². The zero-order chi connectivity index (χ0) is 22.5. The number of aliphatic carboxylic acids is 1. The summed E-state index contributed by atoms with van der Waals surface area (Å²) in [6, 6.07) is 14.2. The van der Waals surface area contributed by atoms with Crippen LogP contribution in [0.4, 0.5) is 0 Å². The van der Waals surface area contributed by atoms with E-state index in [1.54, 1.807) is 6.07 Å². The lowest BCUT2D eigenvalue weighted by Gasteiger charge is -2.30. The minimum Gasteiger partial charge on any atom is -0.491 e. The smallest absolute Gasteiger partial charge is 0.311 e. The van der Waals surface area contributed by atoms with Gasteiger partial charge in [-0.2, -0.15) is 0 Å². The first-order valence-corrected chi connectivity index (χ1v) is 11.5. The Balaban J connectivity index is 1.08. The number of aliphatic hydroxyl groups excluding tert-OH is 1. The summed E-state index contributed by atoms with van der Waals surface area (Å²) >= 11 is 0. The molecule has 2 aromatic rings. The molecule has 1 fully saturated rings. The van der Waals surface area contributed by atoms with Crippen molar-refractivity contribution in [2.45, 2.75) is 56.8 Å². The number of carboxylic acid groups (broad SMARTS) is 1. The van der Waals surface area contributed by atoms with E-state index in [-0.39, 0.29) is 24.2 Å². The van der Waals surface area contributed by atoms with Crippen molar-refractivity contribution in [3.05, 3.63) is 59.2 Å². The van der Waals surface area contributed by atoms with E-state index in [9.17, 15) is 15.0 Å². The van der Waals surface area contributed by atoms with Crippen molar-refractivity contribution in [3.8, 4) is 11.5 Å². The van der Waals surface area contributed by atoms with E-state index in [1.807, 2.05) is 12.1 Å². The Hall–Kier alpha value is -2.57. The van der Waals surface area contributed by atoms with Gasteiger partial charge in [-0.25, -0.2) is 0 Å². The number of rotatable bonds is 9. The quantitative estimate of drug-likeness (QED) is 0.559. The monoisotopic (exact) mass is 437 g/mol. The van der Waals surface area contributed by atoms with E-state index in [0.29, 0.717) is 18.2 Å². The molecule has 1 aliphatic heterocycles. The first-order valence-electron chi connectivity index (χ1n) is 11.5. The molecule has 170 valence electrons. The second kappa shape index (κ2) is 8.09. The summed E-state index contributed by atoms with van der Waals surface area (Å²) in [5.41, 5.74) is 3.75. The number of hydrogen-bond donors (Lipinski definition) is 3. The maximum Gasteiger partial charge on any atom is 0.311 e. The Bertz CT molecular complexity index is 994. The van der Waals surface area contributed by atoms with Crippen LogP contribution in [0.25, 0.3) is 0 Å². The fourth-order valence-electron chi connectivity index (χ4n) is 5.46. The van der Waals surface area contributed by atoms with Crippen LogP contribution in [0.5, 0.6) is 11.5 Å². The lowest BCUT2D eigenvalue weighted by molar-refractivity contribution is -0.139. The van der Waals surface area contributed by atoms with Crippen molar-refractivity contribution in [2.24, 2.45) is 11.8 Å². The summed E-state index contributed by atoms with van der Waals surface area (Å²) < 4.78 is 11.5. The van der Waals surface area contributed by atoms with Gasteiger partial charge in [-0.1, -0.05) is 24.3 Å². The maximum absolute atomic E-state index is 11.3. The molecule has 0 bridgehead atoms. The Morgan fingerprint density at radius 3 is 2.62 bits per heavy atom. The molecule has 6 heteroatoms. The molecule has 0 spiro atoms. The molecule has 32 heavy (non-hydrogen) atoms. The Morgan fingerprint density at radius 1 is 1.22 bits per heavy atom. The molecule has 6 nitrogen and oxygen atoms in total. The van der Waals surface area contributed by atoms with Gasteiger partial charge in [-0.05, 0) is 68.4 Å². The van der Waals surface area contributed by atoms with Crippen molar-refractivity contribution in [1.29, 1.82) is 0 Å². The average Bonchev–Trinajstić information content (AvgIpc) is 3.13. The van der Waals surface area contributed by atoms with E-state index >= 15 is 0 Å². The molecule has 4 atom stereocenters. The lowest BCUT2D eigenvalue weighted by atomic mass is 9.88. The number of fused-ring (bicyclic) bond motifs is 4. The summed E-state index contributed by atoms with van der Waals surface area (Å²) in [6.07, 6.45) is 2.41. The van der Waals surface area contributed by atoms with Gasteiger partial charge in [0, 0.05) is 23.6 Å². The van der Waals surface area contributed by atoms with Crippen molar-refractivity contribution in [2.75, 3.05) is 13.2 Å². The molecule has 3 aliphatic rings. The molecular weight excluding hydrogens is 406 g/mol. The molecule has 1 heterocycles. The number of carboxylic acids is 1. The van der Waals surface area contributed by atoms with E-state index in [1.165, 1.54) is 11.1 Å². The summed E-state index contributed by atoms with van der Waals surface area (Å²) in [7, 11) is 0. The van der Waals surface area contributed by atoms with Gasteiger partial charge in [-0.15, -0.1) is 0 Å². The number of carbonyl (C=O) groups is 1. The van der Waals surface area contributed by atoms with E-state index in [0.717, 1.165) is 30.6 Å². The van der Waals surface area contributed by atoms with Crippen molar-refractivity contribution >= 4 is 5.97 Å². The number of benzene rings is 2. The molecule has 3 N–H and O–H groups in total. The summed E-state index contributed by atoms with van der Waals surface area (Å²) in [5.74, 6) is 0.636. The van der Waals surface area contributed by atoms with Crippen LogP contribution in [-0.2, 0) is 17.6 Å². The van der Waals surface area contributed by atoms with Crippen LogP contribution >= 0.6 is 0 Å². The van der Waals surface area contributed by atoms with Gasteiger partial charge < -0.3 is 25.0 Å². The molecular formula is C26H31NO5. The average molecular weight is 438 g/mol. The SMILES string of the molecule is CC(C)(CC1Cc2ccccc2C1)NC[C@@H](O)COc1ccc2c(c1)C1C(O2)C1C(=O)O. The van der Waals surface area contributed by atoms with Crippen LogP contribution in [0, 0.1) is 11.8 Å². The van der Waals surface area contributed by atoms with Gasteiger partial charge in [-0.3, -0.25) is 4.79 Å². The van der Waals surface area contributed by atoms with Gasteiger partial charge in [0.2, 0.25) is 0 Å². The largest absolute Gasteiger partial charge is 0.491 e. The van der Waals surface area contributed by atoms with Gasteiger partial charge >= 0.3 is 5.97 Å². The van der Waals surface area contributed by atoms with E-state index in [2.05, 4.69) is 43.4 Å². The Kier molecular flexibility index (Phi) is 5.38. The standard InChI is InChI=1S/C26H31NO5/c1-26(2,12-15-9-16-5-3-4-6-17(16)10-15)27-13-18(28)14-31-19-7-8-21-20(11-19)22-23(25(29)30)24(22)32-21/h3-8,11,15,18,22-24,27-28H,9-10,12-14H2,1-2H3,(H,29,30)/t18-,22?,23?,24?/m1/s1. The maximum atomic E-state index is 11.3. The van der Waals surface area contributed by atoms with Crippen LogP contribution in [0.15, 0.2) is 42.5 Å². The number of β-amino-alcohol motifs (C(OH)–C–C–N with tert-alkyl or cyclic N) is 1. The highest BCUT2D eigenvalue weighted by Gasteiger charge is 2.63. The zero-order valence-electron chi connectivity index (χ0n) is 18.6. The molecule has 2 aromatic carbocycles. The van der Waals surface area contributed by atoms with E-state index < -0.39 is 18.0 Å². The lowest BCUT2D eigenvalue weighted by Crippen LogP contribution is -2.46. The molecule has 0 saturated heterocycles. The first kappa shape index (κ1) is 21.3. The highest BCUT2D eigenvalue weighted by molar-refractivity contribution is 5.79. The van der Waals surface area contributed by atoms with Gasteiger partial charge in [0.05, 0.1) is 0 Å². The van der Waals surface area contributed by atoms with Gasteiger partial charge in [0.15, 0.2) is 0 Å². The Morgan fingerprint density at radius 2 is 1.94 bits per heavy atom. The molecule has 5 rings (SSSR count). The van der Waals surface area contributed by atoms with Crippen LogP contribution in [0.1, 0.15) is 42.9 Å². The van der Waals surface area contributed by atoms with Crippen molar-refractivity contribution < 1.29 is 24.5 Å². The van der Waals surface area contributed by atoms with Crippen LogP contribution < -0.4 is 14.8 Å². The number of hydrogen-bond acceptors (Lipinski definition) is 5. The normalized spacial score (nSPS) is 24.3. The second-order valence-electron chi connectivity index (χ2n) is 10.1. The van der Waals surface area contributed by atoms with Crippen molar-refractivity contribution in [3.63, 3.8) is 0 Å². The molecule has 3 unspecified atom stereocenters. The third-order valence-corrected chi connectivity index (χ3v) is 7.04. The molecule has 1 saturated carbocycles. The molecule has 0 amide bonds. The molecule has 0 aromatic heterocycles. The predicted molar refractivity (Wildman–Crippen MR) is 120 cm³/mol. The summed E-state index contributed by atoms with van der Waals surface area (Å²) in [6.45, 7) is 5.00. The molecule has 0 radical (unpaired) electrons. The van der Waals surface area contributed by atoms with Crippen LogP contribution in [0.3, 0.4) is 0 Å². The number of ether oxygens (including phenoxy) is 2. The Labute approximate surface area is 188 Å². The second-order valence-corrected chi connectivity index (χ2v) is 10.1. The number of nitrogens with one attached hydrogen (secondary N) is 1. The van der Waals surface area contributed by atoms with Crippen molar-refractivity contribution in [1.82, 2.24) is 5.32 Å². The summed E-state index contributed by atoms with van der Waals surface area (Å²) in [5, 5.41) is 23.2. The minimum absolute atomic E-state index is 0.0779. The first-order chi connectivity index (χ1) is 15.3. The van der Waals surface area contributed by atoms with Crippen LogP contribution in [-0.4, -0.2) is 47.1 Å². The predicted octanol–water partition coefficient (Wildman–Crippen LogP) is 3.16. The zero-order valence-corrected chi connectivity index (χ0v) is 18.6. The highest BCUT2D eigenvalue weighted by atomic mass is 16.5. The van der Waals surface area contributed by atoms with E-state index in [4.69, 9.17) is 9.47 Å². The van der Waals surface area contributed by atoms with Gasteiger partial charge in [0.25, 0.3) is 0 Å². The summed E-state index contributed by atoms with van der Waals surface area (Å²) in [4.78, 5) is 11.3. The molecule has 2 aliphatic carbocycles. The third kappa shape index (κ3) is 4.21. The van der Waals surface area contributed by atoms with Gasteiger partial charge in [0.1, 0.15) is 36.2 Å². The fourth-order valence-corrected chi connectivity index (χ4v) is 5.46. The highest BCUT2D eigenvalue weighted by Crippen LogP contribution is 2.58.